The van der Waals surface area contributed by atoms with Gasteiger partial charge in [0.2, 0.25) is 0 Å². The number of nitrogens with one attached hydrogen (secondary N) is 1. The van der Waals surface area contributed by atoms with Crippen molar-refractivity contribution in [3.63, 3.8) is 0 Å². The Hall–Kier alpha value is -0.0600. The molecule has 1 aromatic rings. The Morgan fingerprint density at radius 1 is 1.30 bits per heavy atom. The second kappa shape index (κ2) is 9.80. The molecule has 0 saturated carbocycles. The molecular weight excluding hydrogens is 317 g/mol. The zero-order valence-electron chi connectivity index (χ0n) is 12.0. The number of pyridine rings is 1. The first-order valence-electron chi connectivity index (χ1n) is 6.78. The zero-order valence-corrected chi connectivity index (χ0v) is 14.4. The quantitative estimate of drug-likeness (QED) is 0.849. The maximum Gasteiger partial charge on any atom is 0.129 e. The van der Waals surface area contributed by atoms with E-state index < -0.39 is 0 Å². The molecule has 0 spiro atoms. The fourth-order valence-electron chi connectivity index (χ4n) is 2.65. The third-order valence-corrected chi connectivity index (χ3v) is 4.04. The molecule has 20 heavy (non-hydrogen) atoms. The van der Waals surface area contributed by atoms with Gasteiger partial charge in [0.25, 0.3) is 0 Å². The van der Waals surface area contributed by atoms with Crippen LogP contribution < -0.4 is 5.32 Å². The fraction of sp³-hybridized carbons (Fsp3) is 0.643. The standard InChI is InChI=1S/C14H22ClN3.2ClH/c1-3-11(2)14(18-8-6-16-7-9-18)12-4-5-13(15)17-10-12;;/h4-5,10-11,14,16H,3,6-9H2,1-2H3;2*1H/t11?,14-;;/m1../s1. The van der Waals surface area contributed by atoms with Crippen LogP contribution in [0.5, 0.6) is 0 Å². The van der Waals surface area contributed by atoms with Crippen molar-refractivity contribution in [2.75, 3.05) is 26.2 Å². The molecule has 1 aliphatic rings. The Labute approximate surface area is 139 Å². The molecule has 2 rings (SSSR count). The highest BCUT2D eigenvalue weighted by atomic mass is 35.5. The van der Waals surface area contributed by atoms with E-state index in [4.69, 9.17) is 11.6 Å². The van der Waals surface area contributed by atoms with E-state index in [0.717, 1.165) is 26.2 Å². The lowest BCUT2D eigenvalue weighted by molar-refractivity contribution is 0.128. The largest absolute Gasteiger partial charge is 0.314 e. The maximum absolute atomic E-state index is 5.88. The minimum Gasteiger partial charge on any atom is -0.314 e. The smallest absolute Gasteiger partial charge is 0.129 e. The summed E-state index contributed by atoms with van der Waals surface area (Å²) >= 11 is 5.88. The molecule has 2 atom stereocenters. The van der Waals surface area contributed by atoms with Crippen molar-refractivity contribution >= 4 is 36.4 Å². The molecule has 1 aromatic heterocycles. The van der Waals surface area contributed by atoms with E-state index in [0.29, 0.717) is 17.1 Å². The number of aromatic nitrogens is 1. The van der Waals surface area contributed by atoms with Gasteiger partial charge in [-0.1, -0.05) is 37.9 Å². The highest BCUT2D eigenvalue weighted by Gasteiger charge is 2.26. The number of nitrogens with zero attached hydrogens (tertiary/aromatic N) is 2. The number of hydrogen-bond donors (Lipinski definition) is 1. The van der Waals surface area contributed by atoms with Crippen molar-refractivity contribution < 1.29 is 0 Å². The Bertz CT molecular complexity index is 366. The van der Waals surface area contributed by atoms with Crippen molar-refractivity contribution in [2.24, 2.45) is 5.92 Å². The van der Waals surface area contributed by atoms with Gasteiger partial charge in [-0.15, -0.1) is 24.8 Å². The van der Waals surface area contributed by atoms with E-state index >= 15 is 0 Å². The number of piperazine rings is 1. The predicted octanol–water partition coefficient (Wildman–Crippen LogP) is 3.57. The molecule has 0 radical (unpaired) electrons. The van der Waals surface area contributed by atoms with Crippen LogP contribution in [-0.4, -0.2) is 36.1 Å². The minimum absolute atomic E-state index is 0. The van der Waals surface area contributed by atoms with Crippen LogP contribution in [0.25, 0.3) is 0 Å². The van der Waals surface area contributed by atoms with Crippen LogP contribution in [0, 0.1) is 5.92 Å². The van der Waals surface area contributed by atoms with Crippen LogP contribution in [0.4, 0.5) is 0 Å². The summed E-state index contributed by atoms with van der Waals surface area (Å²) in [6.07, 6.45) is 3.11. The van der Waals surface area contributed by atoms with E-state index in [9.17, 15) is 0 Å². The average molecular weight is 341 g/mol. The SMILES string of the molecule is CCC(C)[C@H](c1ccc(Cl)nc1)N1CCNCC1.Cl.Cl. The van der Waals surface area contributed by atoms with Crippen LogP contribution >= 0.6 is 36.4 Å². The van der Waals surface area contributed by atoms with Gasteiger partial charge in [0.05, 0.1) is 0 Å². The highest BCUT2D eigenvalue weighted by molar-refractivity contribution is 6.29. The first-order chi connectivity index (χ1) is 8.72. The van der Waals surface area contributed by atoms with Gasteiger partial charge in [0.15, 0.2) is 0 Å². The summed E-state index contributed by atoms with van der Waals surface area (Å²) in [5.74, 6) is 0.631. The van der Waals surface area contributed by atoms with Crippen molar-refractivity contribution in [3.05, 3.63) is 29.0 Å². The first kappa shape index (κ1) is 19.9. The molecule has 1 unspecified atom stereocenters. The number of rotatable bonds is 4. The van der Waals surface area contributed by atoms with E-state index in [1.54, 1.807) is 0 Å². The summed E-state index contributed by atoms with van der Waals surface area (Å²) in [6.45, 7) is 8.95. The van der Waals surface area contributed by atoms with Crippen LogP contribution in [0.2, 0.25) is 5.15 Å². The van der Waals surface area contributed by atoms with Gasteiger partial charge >= 0.3 is 0 Å². The summed E-state index contributed by atoms with van der Waals surface area (Å²) < 4.78 is 0. The Kier molecular flexibility index (Phi) is 9.77. The molecule has 6 heteroatoms. The Morgan fingerprint density at radius 3 is 2.45 bits per heavy atom. The lowest BCUT2D eigenvalue weighted by Gasteiger charge is -2.38. The van der Waals surface area contributed by atoms with Gasteiger partial charge in [0.1, 0.15) is 5.15 Å². The van der Waals surface area contributed by atoms with Gasteiger partial charge in [-0.3, -0.25) is 4.90 Å². The van der Waals surface area contributed by atoms with Gasteiger partial charge in [0, 0.05) is 38.4 Å². The van der Waals surface area contributed by atoms with Crippen LogP contribution in [0.1, 0.15) is 31.9 Å². The third-order valence-electron chi connectivity index (χ3n) is 3.82. The minimum atomic E-state index is 0. The molecular formula is C14H24Cl3N3. The second-order valence-electron chi connectivity index (χ2n) is 5.03. The number of hydrogen-bond acceptors (Lipinski definition) is 3. The number of halogens is 3. The average Bonchev–Trinajstić information content (AvgIpc) is 2.42. The lowest BCUT2D eigenvalue weighted by Crippen LogP contribution is -2.46. The molecule has 1 N–H and O–H groups in total. The van der Waals surface area contributed by atoms with E-state index in [1.807, 2.05) is 12.3 Å². The zero-order chi connectivity index (χ0) is 13.0. The first-order valence-corrected chi connectivity index (χ1v) is 7.16. The van der Waals surface area contributed by atoms with Crippen molar-refractivity contribution in [3.8, 4) is 0 Å². The van der Waals surface area contributed by atoms with Crippen molar-refractivity contribution in [2.45, 2.75) is 26.3 Å². The highest BCUT2D eigenvalue weighted by Crippen LogP contribution is 2.30. The van der Waals surface area contributed by atoms with E-state index in [-0.39, 0.29) is 24.8 Å². The molecule has 0 amide bonds. The fourth-order valence-corrected chi connectivity index (χ4v) is 2.76. The molecule has 0 aliphatic carbocycles. The molecule has 116 valence electrons. The summed E-state index contributed by atoms with van der Waals surface area (Å²) in [5, 5.41) is 3.98. The van der Waals surface area contributed by atoms with Gasteiger partial charge in [-0.25, -0.2) is 4.98 Å². The molecule has 0 aromatic carbocycles. The molecule has 2 heterocycles. The van der Waals surface area contributed by atoms with Crippen LogP contribution in [0.15, 0.2) is 18.3 Å². The third kappa shape index (κ3) is 5.05. The lowest BCUT2D eigenvalue weighted by atomic mass is 9.91. The van der Waals surface area contributed by atoms with E-state index in [2.05, 4.69) is 35.1 Å². The summed E-state index contributed by atoms with van der Waals surface area (Å²) in [5.41, 5.74) is 1.29. The van der Waals surface area contributed by atoms with Crippen LogP contribution in [0.3, 0.4) is 0 Å². The molecule has 0 bridgehead atoms. The Balaban J connectivity index is 0.00000180. The summed E-state index contributed by atoms with van der Waals surface area (Å²) in [6, 6.07) is 4.48. The summed E-state index contributed by atoms with van der Waals surface area (Å²) in [7, 11) is 0. The second-order valence-corrected chi connectivity index (χ2v) is 5.42. The van der Waals surface area contributed by atoms with Crippen LogP contribution in [-0.2, 0) is 0 Å². The van der Waals surface area contributed by atoms with Crippen molar-refractivity contribution in [1.29, 1.82) is 0 Å². The van der Waals surface area contributed by atoms with Crippen molar-refractivity contribution in [1.82, 2.24) is 15.2 Å². The van der Waals surface area contributed by atoms with Gasteiger partial charge < -0.3 is 5.32 Å². The molecule has 1 aliphatic heterocycles. The monoisotopic (exact) mass is 339 g/mol. The van der Waals surface area contributed by atoms with E-state index in [1.165, 1.54) is 12.0 Å². The Morgan fingerprint density at radius 2 is 1.95 bits per heavy atom. The molecule has 1 fully saturated rings. The predicted molar refractivity (Wildman–Crippen MR) is 90.4 cm³/mol. The molecule has 3 nitrogen and oxygen atoms in total. The van der Waals surface area contributed by atoms with Gasteiger partial charge in [-0.05, 0) is 17.5 Å². The topological polar surface area (TPSA) is 28.2 Å². The molecule has 1 saturated heterocycles. The normalized spacial score (nSPS) is 18.6. The maximum atomic E-state index is 5.88. The van der Waals surface area contributed by atoms with Gasteiger partial charge in [-0.2, -0.15) is 0 Å². The summed E-state index contributed by atoms with van der Waals surface area (Å²) in [4.78, 5) is 6.80.